The van der Waals surface area contributed by atoms with E-state index < -0.39 is 11.9 Å². The molecule has 0 aliphatic carbocycles. The Morgan fingerprint density at radius 3 is 2.58 bits per heavy atom. The second kappa shape index (κ2) is 10.8. The van der Waals surface area contributed by atoms with Crippen molar-refractivity contribution in [1.29, 1.82) is 0 Å². The molecule has 3 heterocycles. The molecule has 0 saturated carbocycles. The fraction of sp³-hybridized carbons (Fsp3) is 0.310. The zero-order valence-corrected chi connectivity index (χ0v) is 23.8. The lowest BCUT2D eigenvalue weighted by Crippen LogP contribution is -2.29. The number of hydrogen-bond donors (Lipinski definition) is 0. The number of fused-ring (bicyclic) bond motifs is 2. The van der Waals surface area contributed by atoms with E-state index in [1.807, 2.05) is 24.3 Å². The number of halogens is 1. The van der Waals surface area contributed by atoms with Gasteiger partial charge in [-0.1, -0.05) is 65.6 Å². The molecule has 7 nitrogen and oxygen atoms in total. The van der Waals surface area contributed by atoms with Gasteiger partial charge in [0.15, 0.2) is 16.3 Å². The molecule has 1 atom stereocenters. The first-order chi connectivity index (χ1) is 18.3. The number of aryl methyl sites for hydroxylation is 1. The Morgan fingerprint density at radius 1 is 1.13 bits per heavy atom. The van der Waals surface area contributed by atoms with Gasteiger partial charge in [0, 0.05) is 11.4 Å². The minimum Gasteiger partial charge on any atom is -0.494 e. The van der Waals surface area contributed by atoms with Crippen LogP contribution < -0.4 is 15.1 Å². The van der Waals surface area contributed by atoms with E-state index >= 15 is 0 Å². The van der Waals surface area contributed by atoms with Gasteiger partial charge >= 0.3 is 0 Å². The normalized spacial score (nSPS) is 14.8. The van der Waals surface area contributed by atoms with Gasteiger partial charge in [0.05, 0.1) is 34.2 Å². The maximum atomic E-state index is 13.8. The summed E-state index contributed by atoms with van der Waals surface area (Å²) in [4.78, 5) is 46.2. The van der Waals surface area contributed by atoms with Crippen LogP contribution in [0.3, 0.4) is 0 Å². The summed E-state index contributed by atoms with van der Waals surface area (Å²) >= 11 is 4.56. The molecule has 0 fully saturated rings. The Balaban J connectivity index is 1.60. The van der Waals surface area contributed by atoms with E-state index in [2.05, 4.69) is 27.8 Å². The number of amides is 1. The molecule has 0 radical (unpaired) electrons. The van der Waals surface area contributed by atoms with Crippen LogP contribution >= 0.6 is 27.3 Å². The van der Waals surface area contributed by atoms with Crippen LogP contribution in [0, 0.1) is 6.92 Å². The van der Waals surface area contributed by atoms with Gasteiger partial charge in [0.1, 0.15) is 11.3 Å². The molecule has 0 bridgehead atoms. The summed E-state index contributed by atoms with van der Waals surface area (Å²) in [5.74, 6) is 0.118. The molecule has 1 amide bonds. The molecule has 0 saturated heterocycles. The highest BCUT2D eigenvalue weighted by atomic mass is 79.9. The van der Waals surface area contributed by atoms with Gasteiger partial charge in [-0.25, -0.2) is 4.98 Å². The van der Waals surface area contributed by atoms with Gasteiger partial charge < -0.3 is 9.15 Å². The fourth-order valence-electron chi connectivity index (χ4n) is 4.73. The summed E-state index contributed by atoms with van der Waals surface area (Å²) in [5, 5.41) is 0.722. The third-order valence-corrected chi connectivity index (χ3v) is 8.36. The molecule has 0 spiro atoms. The lowest BCUT2D eigenvalue weighted by atomic mass is 9.98. The van der Waals surface area contributed by atoms with E-state index in [1.165, 1.54) is 24.7 Å². The average Bonchev–Trinajstić information content (AvgIpc) is 3.42. The number of hydrogen-bond acceptors (Lipinski definition) is 7. The molecule has 5 rings (SSSR count). The van der Waals surface area contributed by atoms with Crippen molar-refractivity contribution in [3.63, 3.8) is 0 Å². The number of ketones is 1. The fourth-order valence-corrected chi connectivity index (χ4v) is 6.08. The molecule has 1 unspecified atom stereocenters. The summed E-state index contributed by atoms with van der Waals surface area (Å²) < 4.78 is 12.7. The quantitative estimate of drug-likeness (QED) is 0.150. The molecule has 0 N–H and O–H groups in total. The van der Waals surface area contributed by atoms with Crippen molar-refractivity contribution in [2.45, 2.75) is 52.5 Å². The maximum absolute atomic E-state index is 13.8. The van der Waals surface area contributed by atoms with Gasteiger partial charge in [-0.05, 0) is 49.2 Å². The number of nitrogens with zero attached hydrogens (tertiary/aromatic N) is 2. The van der Waals surface area contributed by atoms with Crippen LogP contribution in [0.1, 0.15) is 82.6 Å². The van der Waals surface area contributed by atoms with Crippen molar-refractivity contribution in [1.82, 2.24) is 4.98 Å². The summed E-state index contributed by atoms with van der Waals surface area (Å²) in [7, 11) is 0. The first kappa shape index (κ1) is 26.3. The summed E-state index contributed by atoms with van der Waals surface area (Å²) in [6.45, 7) is 6.01. The zero-order valence-electron chi connectivity index (χ0n) is 21.4. The number of anilines is 1. The summed E-state index contributed by atoms with van der Waals surface area (Å²) in [6, 6.07) is 11.8. The van der Waals surface area contributed by atoms with Crippen molar-refractivity contribution < 1.29 is 18.7 Å². The minimum absolute atomic E-state index is 0.0108. The number of benzene rings is 2. The number of thiazole rings is 1. The van der Waals surface area contributed by atoms with Crippen LogP contribution in [-0.4, -0.2) is 23.3 Å². The van der Waals surface area contributed by atoms with Crippen LogP contribution in [0.2, 0.25) is 0 Å². The lowest BCUT2D eigenvalue weighted by molar-refractivity contribution is 0.0969. The predicted molar refractivity (Wildman–Crippen MR) is 152 cm³/mol. The molecule has 9 heteroatoms. The number of carbonyl (C=O) groups is 2. The Kier molecular flexibility index (Phi) is 7.49. The average molecular weight is 596 g/mol. The van der Waals surface area contributed by atoms with E-state index in [4.69, 9.17) is 9.15 Å². The highest BCUT2D eigenvalue weighted by Gasteiger charge is 2.45. The molecule has 2 aromatic heterocycles. The molecule has 4 aromatic rings. The van der Waals surface area contributed by atoms with E-state index in [1.54, 1.807) is 25.1 Å². The van der Waals surface area contributed by atoms with Crippen molar-refractivity contribution in [3.05, 3.63) is 84.6 Å². The SMILES string of the molecule is CCCCCCOc1ccc(C2c3c(oc4ccc(Br)cc4c3=O)C(=O)N2c2nc(C)c(C(C)=O)s2)cc1. The number of rotatable bonds is 9. The number of carbonyl (C=O) groups excluding carboxylic acids is 2. The second-order valence-corrected chi connectivity index (χ2v) is 11.2. The highest BCUT2D eigenvalue weighted by Crippen LogP contribution is 2.43. The van der Waals surface area contributed by atoms with Crippen LogP contribution in [-0.2, 0) is 0 Å². The summed E-state index contributed by atoms with van der Waals surface area (Å²) in [5.41, 5.74) is 1.57. The molecular formula is C29H27BrN2O5S. The molecule has 1 aliphatic heterocycles. The maximum Gasteiger partial charge on any atom is 0.297 e. The Labute approximate surface area is 232 Å². The zero-order chi connectivity index (χ0) is 27.0. The van der Waals surface area contributed by atoms with Crippen molar-refractivity contribution >= 4 is 55.1 Å². The van der Waals surface area contributed by atoms with Crippen molar-refractivity contribution in [2.24, 2.45) is 0 Å². The Bertz CT molecular complexity index is 1590. The summed E-state index contributed by atoms with van der Waals surface area (Å²) in [6.07, 6.45) is 4.46. The molecule has 2 aromatic carbocycles. The third-order valence-electron chi connectivity index (χ3n) is 6.61. The number of ether oxygens (including phenoxy) is 1. The standard InChI is InChI=1S/C29H27BrN2O5S/c1-4-5-6-7-14-36-20-11-8-18(9-12-20)24-23-25(34)21-15-19(30)10-13-22(21)37-26(23)28(35)32(24)29-31-16(2)27(38-29)17(3)33/h8-13,15,24H,4-7,14H2,1-3H3. The monoisotopic (exact) mass is 594 g/mol. The van der Waals surface area contributed by atoms with E-state index in [-0.39, 0.29) is 22.5 Å². The van der Waals surface area contributed by atoms with E-state index in [0.717, 1.165) is 34.4 Å². The Morgan fingerprint density at radius 2 is 1.89 bits per heavy atom. The molecule has 196 valence electrons. The second-order valence-electron chi connectivity index (χ2n) is 9.34. The van der Waals surface area contributed by atoms with Crippen molar-refractivity contribution in [2.75, 3.05) is 11.5 Å². The van der Waals surface area contributed by atoms with E-state index in [9.17, 15) is 14.4 Å². The highest BCUT2D eigenvalue weighted by molar-refractivity contribution is 9.10. The van der Waals surface area contributed by atoms with Crippen LogP contribution in [0.25, 0.3) is 11.0 Å². The van der Waals surface area contributed by atoms with Gasteiger partial charge in [-0.15, -0.1) is 0 Å². The number of unbranched alkanes of at least 4 members (excludes halogenated alkanes) is 3. The smallest absolute Gasteiger partial charge is 0.297 e. The van der Waals surface area contributed by atoms with Gasteiger partial charge in [-0.2, -0.15) is 0 Å². The van der Waals surface area contributed by atoms with Crippen LogP contribution in [0.5, 0.6) is 5.75 Å². The number of Topliss-reactive ketones (excluding diaryl/α,β-unsaturated/α-hetero) is 1. The van der Waals surface area contributed by atoms with Gasteiger partial charge in [0.25, 0.3) is 5.91 Å². The van der Waals surface area contributed by atoms with E-state index in [0.29, 0.717) is 38.8 Å². The Hall–Kier alpha value is -3.30. The topological polar surface area (TPSA) is 89.7 Å². The largest absolute Gasteiger partial charge is 0.494 e. The predicted octanol–water partition coefficient (Wildman–Crippen LogP) is 7.23. The minimum atomic E-state index is -0.763. The van der Waals surface area contributed by atoms with Crippen molar-refractivity contribution in [3.8, 4) is 5.75 Å². The lowest BCUT2D eigenvalue weighted by Gasteiger charge is -2.22. The van der Waals surface area contributed by atoms with Crippen LogP contribution in [0.15, 0.2) is 56.1 Å². The third kappa shape index (κ3) is 4.80. The van der Waals surface area contributed by atoms with Crippen LogP contribution in [0.4, 0.5) is 5.13 Å². The van der Waals surface area contributed by atoms with Gasteiger partial charge in [-0.3, -0.25) is 19.3 Å². The first-order valence-corrected chi connectivity index (χ1v) is 14.2. The molecule has 38 heavy (non-hydrogen) atoms. The molecule has 1 aliphatic rings. The van der Waals surface area contributed by atoms with Gasteiger partial charge in [0.2, 0.25) is 5.76 Å². The number of aromatic nitrogens is 1. The first-order valence-electron chi connectivity index (χ1n) is 12.6. The molecular weight excluding hydrogens is 568 g/mol.